The molecule has 16 nitrogen and oxygen atoms in total. The Bertz CT molecular complexity index is 2790. The van der Waals surface area contributed by atoms with Crippen LogP contribution in [0.25, 0.3) is 11.0 Å². The minimum atomic E-state index is -4.69. The Morgan fingerprint density at radius 3 is 2.55 bits per heavy atom. The fourth-order valence-corrected chi connectivity index (χ4v) is 12.1. The Labute approximate surface area is 390 Å². The highest BCUT2D eigenvalue weighted by atomic mass is 32.2. The summed E-state index contributed by atoms with van der Waals surface area (Å²) in [5.74, 6) is -0.379. The lowest BCUT2D eigenvalue weighted by Gasteiger charge is -2.57. The number of nitrogens with zero attached hydrogens (tertiary/aromatic N) is 4. The molecule has 5 aliphatic rings. The fraction of sp³-hybridized carbons (Fsp3) is 0.480. The van der Waals surface area contributed by atoms with Gasteiger partial charge in [0.2, 0.25) is 5.75 Å². The molecule has 4 fully saturated rings. The van der Waals surface area contributed by atoms with Crippen LogP contribution in [-0.2, 0) is 14.8 Å². The molecule has 0 radical (unpaired) electrons. The van der Waals surface area contributed by atoms with Crippen LogP contribution in [0.15, 0.2) is 84.0 Å². The first-order valence-corrected chi connectivity index (χ1v) is 25.0. The number of sulfonamides is 1. The number of hydrogen-bond donors (Lipinski definition) is 3. The van der Waals surface area contributed by atoms with E-state index < -0.39 is 43.1 Å². The lowest BCUT2D eigenvalue weighted by atomic mass is 9.59. The first-order chi connectivity index (χ1) is 32.1. The minimum Gasteiger partial charge on any atom is -0.485 e. The van der Waals surface area contributed by atoms with Crippen molar-refractivity contribution in [2.45, 2.75) is 107 Å². The van der Waals surface area contributed by atoms with Gasteiger partial charge in [0.15, 0.2) is 5.75 Å². The maximum atomic E-state index is 14.1. The van der Waals surface area contributed by atoms with Gasteiger partial charge in [-0.05, 0) is 111 Å². The number of fused-ring (bicyclic) bond motifs is 2. The van der Waals surface area contributed by atoms with Crippen molar-refractivity contribution < 1.29 is 42.2 Å². The van der Waals surface area contributed by atoms with Gasteiger partial charge in [-0.2, -0.15) is 0 Å². The standard InChI is InChI=1S/C50H58N6O10S/c1-31(2)38-6-4-5-7-39(38)42-29-63-21-20-55(42)35-26-50(27-35)15-18-54(19-16-50)34-8-9-40(43(23-34)65-36-22-33-12-17-51-47(33)52-28-36)48(57)53-67(61,62)37-24-41(56(59)60)46-44(25-37)64-30-45(66-46)32-10-13-49(3,58)14-11-32/h4-9,12,17,22-25,28,31-32,35,42,45,58H,10-11,13-16,18-21,26-27,29-30H2,1-3H3,(H,51,52)(H,53,57)/t32?,42-,45+,49?/m1/s1. The van der Waals surface area contributed by atoms with Crippen molar-refractivity contribution in [3.8, 4) is 23.0 Å². The van der Waals surface area contributed by atoms with Crippen LogP contribution >= 0.6 is 0 Å². The van der Waals surface area contributed by atoms with Crippen molar-refractivity contribution in [3.05, 3.63) is 106 Å². The summed E-state index contributed by atoms with van der Waals surface area (Å²) in [4.78, 5) is 37.7. The predicted octanol–water partition coefficient (Wildman–Crippen LogP) is 8.41. The van der Waals surface area contributed by atoms with Crippen molar-refractivity contribution in [1.29, 1.82) is 0 Å². The zero-order valence-electron chi connectivity index (χ0n) is 38.1. The second-order valence-electron chi connectivity index (χ2n) is 19.8. The third-order valence-electron chi connectivity index (χ3n) is 15.0. The summed E-state index contributed by atoms with van der Waals surface area (Å²) in [6.07, 6.45) is 9.48. The number of pyridine rings is 1. The molecule has 3 N–H and O–H groups in total. The van der Waals surface area contributed by atoms with Crippen molar-refractivity contribution in [1.82, 2.24) is 19.6 Å². The number of nitro benzene ring substituents is 1. The van der Waals surface area contributed by atoms with Crippen LogP contribution in [0.3, 0.4) is 0 Å². The molecule has 354 valence electrons. The SMILES string of the molecule is CC(C)c1ccccc1[C@H]1COCCN1C1CC2(CCN(c3ccc(C(=O)NS(=O)(=O)c4cc5c(c([N+](=O)[O-])c4)O[C@H](C4CCC(C)(O)CC4)CO5)c(Oc4cnc5[nH]ccc5c4)c3)CC2)C1. The number of amides is 1. The number of carbonyl (C=O) groups is 1. The number of nitro groups is 1. The quantitative estimate of drug-likeness (QED) is 0.0844. The molecule has 1 amide bonds. The molecule has 5 aromatic rings. The number of aromatic amines is 1. The number of carbonyl (C=O) groups excluding carboxylic acids is 1. The molecule has 0 bridgehead atoms. The van der Waals surface area contributed by atoms with E-state index >= 15 is 0 Å². The number of H-pyrrole nitrogens is 1. The second kappa shape index (κ2) is 17.7. The highest BCUT2D eigenvalue weighted by Crippen LogP contribution is 2.53. The molecule has 3 aromatic carbocycles. The average molecular weight is 935 g/mol. The molecule has 5 heterocycles. The highest BCUT2D eigenvalue weighted by molar-refractivity contribution is 7.90. The molecule has 2 saturated heterocycles. The number of nitrogens with one attached hydrogen (secondary N) is 2. The van der Waals surface area contributed by atoms with E-state index in [1.165, 1.54) is 17.3 Å². The number of morpholine rings is 1. The van der Waals surface area contributed by atoms with Crippen molar-refractivity contribution in [3.63, 3.8) is 0 Å². The number of anilines is 1. The van der Waals surface area contributed by atoms with Crippen LogP contribution in [0.2, 0.25) is 0 Å². The topological polar surface area (TPSA) is 199 Å². The first kappa shape index (κ1) is 45.1. The van der Waals surface area contributed by atoms with Gasteiger partial charge >= 0.3 is 5.69 Å². The van der Waals surface area contributed by atoms with E-state index in [-0.39, 0.29) is 46.8 Å². The number of rotatable bonds is 11. The van der Waals surface area contributed by atoms with Crippen molar-refractivity contribution in [2.24, 2.45) is 11.3 Å². The van der Waals surface area contributed by atoms with Crippen LogP contribution in [-0.4, -0.2) is 96.4 Å². The molecule has 2 saturated carbocycles. The summed E-state index contributed by atoms with van der Waals surface area (Å²) in [5, 5.41) is 23.6. The normalized spacial score (nSPS) is 24.4. The van der Waals surface area contributed by atoms with Gasteiger partial charge in [-0.15, -0.1) is 0 Å². The summed E-state index contributed by atoms with van der Waals surface area (Å²) in [6.45, 7) is 10.3. The Hall–Kier alpha value is -5.75. The van der Waals surface area contributed by atoms with E-state index in [9.17, 15) is 28.4 Å². The van der Waals surface area contributed by atoms with Crippen molar-refractivity contribution in [2.75, 3.05) is 44.4 Å². The number of piperidine rings is 1. The first-order valence-electron chi connectivity index (χ1n) is 23.5. The fourth-order valence-electron chi connectivity index (χ4n) is 11.1. The lowest BCUT2D eigenvalue weighted by Crippen LogP contribution is -2.58. The Morgan fingerprint density at radius 2 is 1.79 bits per heavy atom. The van der Waals surface area contributed by atoms with Crippen molar-refractivity contribution >= 4 is 38.3 Å². The summed E-state index contributed by atoms with van der Waals surface area (Å²) in [6, 6.07) is 20.3. The zero-order valence-corrected chi connectivity index (χ0v) is 38.9. The predicted molar refractivity (Wildman–Crippen MR) is 251 cm³/mol. The summed E-state index contributed by atoms with van der Waals surface area (Å²) < 4.78 is 54.5. The van der Waals surface area contributed by atoms with Crippen LogP contribution < -0.4 is 23.8 Å². The summed E-state index contributed by atoms with van der Waals surface area (Å²) in [5.41, 5.74) is 3.05. The van der Waals surface area contributed by atoms with E-state index in [1.54, 1.807) is 37.4 Å². The number of hydrogen-bond acceptors (Lipinski definition) is 13. The number of benzene rings is 3. The molecular weight excluding hydrogens is 877 g/mol. The van der Waals surface area contributed by atoms with E-state index in [0.717, 1.165) is 75.1 Å². The third kappa shape index (κ3) is 9.06. The molecule has 10 rings (SSSR count). The molecule has 2 atom stereocenters. The van der Waals surface area contributed by atoms with Crippen LogP contribution in [0.5, 0.6) is 23.0 Å². The van der Waals surface area contributed by atoms with Crippen LogP contribution in [0, 0.1) is 21.4 Å². The van der Waals surface area contributed by atoms with E-state index in [0.29, 0.717) is 55.6 Å². The molecule has 0 unspecified atom stereocenters. The van der Waals surface area contributed by atoms with E-state index in [2.05, 4.69) is 62.6 Å². The minimum absolute atomic E-state index is 0.00542. The second-order valence-corrected chi connectivity index (χ2v) is 21.5. The summed E-state index contributed by atoms with van der Waals surface area (Å²) >= 11 is 0. The molecule has 2 aliphatic carbocycles. The van der Waals surface area contributed by atoms with Gasteiger partial charge in [0, 0.05) is 61.1 Å². The Morgan fingerprint density at radius 1 is 1.01 bits per heavy atom. The Kier molecular flexibility index (Phi) is 11.9. The summed E-state index contributed by atoms with van der Waals surface area (Å²) in [7, 11) is -4.69. The number of aliphatic hydroxyl groups is 1. The van der Waals surface area contributed by atoms with Gasteiger partial charge in [-0.25, -0.2) is 18.1 Å². The van der Waals surface area contributed by atoms with Gasteiger partial charge in [0.25, 0.3) is 15.9 Å². The van der Waals surface area contributed by atoms with E-state index in [4.69, 9.17) is 18.9 Å². The molecule has 67 heavy (non-hydrogen) atoms. The molecule has 3 aliphatic heterocycles. The molecule has 17 heteroatoms. The third-order valence-corrected chi connectivity index (χ3v) is 16.3. The smallest absolute Gasteiger partial charge is 0.316 e. The molecular formula is C50H58N6O10S. The number of aromatic nitrogens is 2. The van der Waals surface area contributed by atoms with Gasteiger partial charge in [-0.1, -0.05) is 38.1 Å². The average Bonchev–Trinajstić information content (AvgIpc) is 3.78. The number of ether oxygens (including phenoxy) is 4. The maximum Gasteiger partial charge on any atom is 0.316 e. The van der Waals surface area contributed by atoms with Gasteiger partial charge in [0.05, 0.1) is 46.4 Å². The monoisotopic (exact) mass is 934 g/mol. The molecule has 1 spiro atoms. The van der Waals surface area contributed by atoms with Gasteiger partial charge < -0.3 is 33.9 Å². The maximum absolute atomic E-state index is 14.1. The molecule has 2 aromatic heterocycles. The largest absolute Gasteiger partial charge is 0.485 e. The van der Waals surface area contributed by atoms with Gasteiger partial charge in [0.1, 0.15) is 29.9 Å². The lowest BCUT2D eigenvalue weighted by molar-refractivity contribution is -0.386. The van der Waals surface area contributed by atoms with Gasteiger partial charge in [-0.3, -0.25) is 19.8 Å². The van der Waals surface area contributed by atoms with E-state index in [1.807, 2.05) is 6.07 Å². The highest BCUT2D eigenvalue weighted by Gasteiger charge is 2.50. The van der Waals surface area contributed by atoms with Crippen LogP contribution in [0.1, 0.15) is 106 Å². The van der Waals surface area contributed by atoms with Crippen LogP contribution in [0.4, 0.5) is 11.4 Å². The Balaban J connectivity index is 0.856. The zero-order chi connectivity index (χ0) is 46.7.